The van der Waals surface area contributed by atoms with Crippen molar-refractivity contribution in [2.75, 3.05) is 18.6 Å². The van der Waals surface area contributed by atoms with Crippen LogP contribution in [0.4, 0.5) is 5.69 Å². The van der Waals surface area contributed by atoms with Crippen molar-refractivity contribution < 1.29 is 9.53 Å². The summed E-state index contributed by atoms with van der Waals surface area (Å²) in [4.78, 5) is 26.8. The van der Waals surface area contributed by atoms with Gasteiger partial charge in [-0.05, 0) is 36.2 Å². The second-order valence-electron chi connectivity index (χ2n) is 6.34. The lowest BCUT2D eigenvalue weighted by Crippen LogP contribution is -2.36. The Kier molecular flexibility index (Phi) is 4.46. The molecule has 1 aliphatic heterocycles. The maximum Gasteiger partial charge on any atom is 0.267 e. The standard InChI is InChI=1S/C21H19N3O3/c1-27-19-9-5-3-7-16(19)17-10-11-20(25)24(22-17)14-21(26)23-13-12-15-6-2-4-8-18(15)23/h2-11H,12-14H2,1H3. The van der Waals surface area contributed by atoms with Gasteiger partial charge in [-0.2, -0.15) is 5.10 Å². The van der Waals surface area contributed by atoms with E-state index in [1.54, 1.807) is 18.1 Å². The summed E-state index contributed by atoms with van der Waals surface area (Å²) in [6.45, 7) is 0.523. The number of nitrogens with zero attached hydrogens (tertiary/aromatic N) is 3. The lowest BCUT2D eigenvalue weighted by molar-refractivity contribution is -0.119. The molecule has 3 aromatic rings. The summed E-state index contributed by atoms with van der Waals surface area (Å²) in [6, 6.07) is 18.4. The molecule has 2 heterocycles. The van der Waals surface area contributed by atoms with Crippen LogP contribution >= 0.6 is 0 Å². The summed E-state index contributed by atoms with van der Waals surface area (Å²) in [5, 5.41) is 4.40. The van der Waals surface area contributed by atoms with Crippen molar-refractivity contribution in [1.29, 1.82) is 0 Å². The molecule has 2 aromatic carbocycles. The van der Waals surface area contributed by atoms with Crippen LogP contribution in [0.5, 0.6) is 5.75 Å². The predicted octanol–water partition coefficient (Wildman–Crippen LogP) is 2.51. The van der Waals surface area contributed by atoms with Crippen LogP contribution in [-0.2, 0) is 17.8 Å². The summed E-state index contributed by atoms with van der Waals surface area (Å²) in [5.74, 6) is 0.515. The minimum Gasteiger partial charge on any atom is -0.496 e. The van der Waals surface area contributed by atoms with Gasteiger partial charge in [0, 0.05) is 23.9 Å². The quantitative estimate of drug-likeness (QED) is 0.716. The zero-order chi connectivity index (χ0) is 18.8. The average molecular weight is 361 g/mol. The van der Waals surface area contributed by atoms with Gasteiger partial charge in [0.05, 0.1) is 12.8 Å². The Morgan fingerprint density at radius 3 is 2.70 bits per heavy atom. The van der Waals surface area contributed by atoms with Crippen molar-refractivity contribution in [2.24, 2.45) is 0 Å². The largest absolute Gasteiger partial charge is 0.496 e. The lowest BCUT2D eigenvalue weighted by Gasteiger charge is -2.18. The van der Waals surface area contributed by atoms with E-state index in [0.717, 1.165) is 23.2 Å². The molecule has 0 unspecified atom stereocenters. The molecule has 136 valence electrons. The third-order valence-electron chi connectivity index (χ3n) is 4.72. The fourth-order valence-corrected chi connectivity index (χ4v) is 3.37. The fourth-order valence-electron chi connectivity index (χ4n) is 3.37. The number of fused-ring (bicyclic) bond motifs is 1. The first kappa shape index (κ1) is 17.0. The summed E-state index contributed by atoms with van der Waals surface area (Å²) in [7, 11) is 1.59. The highest BCUT2D eigenvalue weighted by atomic mass is 16.5. The third-order valence-corrected chi connectivity index (χ3v) is 4.72. The second kappa shape index (κ2) is 7.07. The van der Waals surface area contributed by atoms with E-state index in [0.29, 0.717) is 18.0 Å². The van der Waals surface area contributed by atoms with Gasteiger partial charge in [0.2, 0.25) is 5.91 Å². The Balaban J connectivity index is 1.63. The number of rotatable bonds is 4. The number of benzene rings is 2. The van der Waals surface area contributed by atoms with Crippen molar-refractivity contribution in [3.05, 3.63) is 76.6 Å². The van der Waals surface area contributed by atoms with Gasteiger partial charge in [0.15, 0.2) is 0 Å². The molecule has 0 spiro atoms. The lowest BCUT2D eigenvalue weighted by atomic mass is 10.1. The molecule has 1 aliphatic rings. The zero-order valence-electron chi connectivity index (χ0n) is 15.0. The molecule has 0 atom stereocenters. The molecule has 6 heteroatoms. The number of hydrogen-bond donors (Lipinski definition) is 0. The van der Waals surface area contributed by atoms with Crippen molar-refractivity contribution in [2.45, 2.75) is 13.0 Å². The Hall–Kier alpha value is -3.41. The van der Waals surface area contributed by atoms with Crippen LogP contribution in [0.1, 0.15) is 5.56 Å². The Morgan fingerprint density at radius 1 is 1.07 bits per heavy atom. The molecule has 6 nitrogen and oxygen atoms in total. The van der Waals surface area contributed by atoms with Crippen molar-refractivity contribution in [3.8, 4) is 17.0 Å². The number of ether oxygens (including phenoxy) is 1. The third kappa shape index (κ3) is 3.21. The van der Waals surface area contributed by atoms with Crippen LogP contribution in [0.15, 0.2) is 65.5 Å². The second-order valence-corrected chi connectivity index (χ2v) is 6.34. The van der Waals surface area contributed by atoms with Gasteiger partial charge in [0.1, 0.15) is 12.3 Å². The molecule has 1 aromatic heterocycles. The van der Waals surface area contributed by atoms with E-state index < -0.39 is 0 Å². The number of aromatic nitrogens is 2. The normalized spacial score (nSPS) is 12.7. The molecule has 0 aliphatic carbocycles. The smallest absolute Gasteiger partial charge is 0.267 e. The minimum atomic E-state index is -0.311. The molecule has 0 fully saturated rings. The van der Waals surface area contributed by atoms with Crippen LogP contribution in [-0.4, -0.2) is 29.3 Å². The number of carbonyl (C=O) groups excluding carboxylic acids is 1. The summed E-state index contributed by atoms with van der Waals surface area (Å²) in [6.07, 6.45) is 0.825. The van der Waals surface area contributed by atoms with Crippen LogP contribution in [0.25, 0.3) is 11.3 Å². The molecule has 4 rings (SSSR count). The Morgan fingerprint density at radius 2 is 1.85 bits per heavy atom. The van der Waals surface area contributed by atoms with Gasteiger partial charge in [-0.3, -0.25) is 9.59 Å². The highest BCUT2D eigenvalue weighted by Crippen LogP contribution is 2.28. The van der Waals surface area contributed by atoms with E-state index in [1.165, 1.54) is 10.7 Å². The first-order chi connectivity index (χ1) is 13.2. The van der Waals surface area contributed by atoms with E-state index in [-0.39, 0.29) is 18.0 Å². The number of carbonyl (C=O) groups is 1. The van der Waals surface area contributed by atoms with Gasteiger partial charge in [-0.25, -0.2) is 4.68 Å². The SMILES string of the molecule is COc1ccccc1-c1ccc(=O)n(CC(=O)N2CCc3ccccc32)n1. The maximum absolute atomic E-state index is 12.8. The van der Waals surface area contributed by atoms with Gasteiger partial charge < -0.3 is 9.64 Å². The summed E-state index contributed by atoms with van der Waals surface area (Å²) < 4.78 is 6.58. The molecule has 0 radical (unpaired) electrons. The minimum absolute atomic E-state index is 0.101. The number of hydrogen-bond acceptors (Lipinski definition) is 4. The van der Waals surface area contributed by atoms with Crippen molar-refractivity contribution in [3.63, 3.8) is 0 Å². The summed E-state index contributed by atoms with van der Waals surface area (Å²) >= 11 is 0. The monoisotopic (exact) mass is 361 g/mol. The molecule has 0 bridgehead atoms. The van der Waals surface area contributed by atoms with Gasteiger partial charge in [-0.15, -0.1) is 0 Å². The van der Waals surface area contributed by atoms with Gasteiger partial charge in [0.25, 0.3) is 5.56 Å². The zero-order valence-corrected chi connectivity index (χ0v) is 15.0. The number of amides is 1. The van der Waals surface area contributed by atoms with Crippen molar-refractivity contribution in [1.82, 2.24) is 9.78 Å². The van der Waals surface area contributed by atoms with E-state index in [1.807, 2.05) is 48.5 Å². The summed E-state index contributed by atoms with van der Waals surface area (Å²) in [5.41, 5.74) is 3.11. The van der Waals surface area contributed by atoms with E-state index in [4.69, 9.17) is 4.74 Å². The van der Waals surface area contributed by atoms with E-state index >= 15 is 0 Å². The van der Waals surface area contributed by atoms with Crippen LogP contribution in [0.2, 0.25) is 0 Å². The average Bonchev–Trinajstić information content (AvgIpc) is 3.14. The van der Waals surface area contributed by atoms with Crippen LogP contribution in [0.3, 0.4) is 0 Å². The molecule has 0 saturated heterocycles. The van der Waals surface area contributed by atoms with Gasteiger partial charge in [-0.1, -0.05) is 30.3 Å². The Labute approximate surface area is 156 Å². The number of methoxy groups -OCH3 is 1. The van der Waals surface area contributed by atoms with Crippen LogP contribution < -0.4 is 15.2 Å². The first-order valence-electron chi connectivity index (χ1n) is 8.77. The van der Waals surface area contributed by atoms with Gasteiger partial charge >= 0.3 is 0 Å². The maximum atomic E-state index is 12.8. The van der Waals surface area contributed by atoms with Crippen molar-refractivity contribution >= 4 is 11.6 Å². The Bertz CT molecular complexity index is 1060. The number of para-hydroxylation sites is 2. The highest BCUT2D eigenvalue weighted by molar-refractivity contribution is 5.95. The topological polar surface area (TPSA) is 64.4 Å². The van der Waals surface area contributed by atoms with E-state index in [2.05, 4.69) is 5.10 Å². The fraction of sp³-hybridized carbons (Fsp3) is 0.190. The predicted molar refractivity (Wildman–Crippen MR) is 103 cm³/mol. The highest BCUT2D eigenvalue weighted by Gasteiger charge is 2.24. The van der Waals surface area contributed by atoms with E-state index in [9.17, 15) is 9.59 Å². The molecule has 0 N–H and O–H groups in total. The first-order valence-corrected chi connectivity index (χ1v) is 8.77. The van der Waals surface area contributed by atoms with Crippen LogP contribution in [0, 0.1) is 0 Å². The molecular formula is C21H19N3O3. The molecular weight excluding hydrogens is 342 g/mol. The molecule has 27 heavy (non-hydrogen) atoms. The number of anilines is 1. The molecule has 1 amide bonds. The molecule has 0 saturated carbocycles.